The highest BCUT2D eigenvalue weighted by molar-refractivity contribution is 5.92. The molecule has 0 radical (unpaired) electrons. The summed E-state index contributed by atoms with van der Waals surface area (Å²) in [6.07, 6.45) is 0.783. The second kappa shape index (κ2) is 6.65. The van der Waals surface area contributed by atoms with Crippen LogP contribution in [0.25, 0.3) is 16.9 Å². The molecule has 0 atom stereocenters. The van der Waals surface area contributed by atoms with Crippen LogP contribution in [0.1, 0.15) is 21.6 Å². The Morgan fingerprint density at radius 1 is 1.19 bits per heavy atom. The maximum absolute atomic E-state index is 11.7. The molecule has 0 aliphatic carbocycles. The van der Waals surface area contributed by atoms with Crippen molar-refractivity contribution in [1.82, 2.24) is 15.1 Å². The molecule has 0 spiro atoms. The molecule has 132 valence electrons. The highest BCUT2D eigenvalue weighted by Gasteiger charge is 2.25. The summed E-state index contributed by atoms with van der Waals surface area (Å²) in [5.41, 5.74) is 4.67. The molecule has 1 aliphatic heterocycles. The summed E-state index contributed by atoms with van der Waals surface area (Å²) in [4.78, 5) is 11.7. The minimum atomic E-state index is -0.961. The summed E-state index contributed by atoms with van der Waals surface area (Å²) in [6.45, 7) is 1.53. The molecule has 4 rings (SSSR count). The first kappa shape index (κ1) is 16.4. The van der Waals surface area contributed by atoms with Gasteiger partial charge < -0.3 is 15.2 Å². The van der Waals surface area contributed by atoms with Gasteiger partial charge in [0.2, 0.25) is 0 Å². The average Bonchev–Trinajstić information content (AvgIpc) is 3.07. The smallest absolute Gasteiger partial charge is 0.337 e. The topological polar surface area (TPSA) is 76.4 Å². The molecule has 0 fully saturated rings. The van der Waals surface area contributed by atoms with Gasteiger partial charge in [-0.25, -0.2) is 9.48 Å². The minimum Gasteiger partial charge on any atom is -0.496 e. The lowest BCUT2D eigenvalue weighted by atomic mass is 10.0. The number of fused-ring (bicyclic) bond motifs is 1. The maximum atomic E-state index is 11.7. The van der Waals surface area contributed by atoms with Crippen LogP contribution in [0.15, 0.2) is 48.5 Å². The Labute approximate surface area is 151 Å². The Kier molecular flexibility index (Phi) is 4.18. The van der Waals surface area contributed by atoms with Gasteiger partial charge in [0.1, 0.15) is 11.4 Å². The average molecular weight is 349 g/mol. The molecule has 0 bridgehead atoms. The third-order valence-electron chi connectivity index (χ3n) is 4.65. The predicted molar refractivity (Wildman–Crippen MR) is 97.9 cm³/mol. The van der Waals surface area contributed by atoms with E-state index in [-0.39, 0.29) is 5.56 Å². The maximum Gasteiger partial charge on any atom is 0.337 e. The SMILES string of the molecule is COc1ccccc1-c1nn(-c2ccccc2C(=O)O)c2c1CNCC2. The molecular weight excluding hydrogens is 330 g/mol. The third-order valence-corrected chi connectivity index (χ3v) is 4.65. The van der Waals surface area contributed by atoms with Gasteiger partial charge in [0.25, 0.3) is 0 Å². The van der Waals surface area contributed by atoms with Crippen molar-refractivity contribution in [1.29, 1.82) is 0 Å². The molecule has 0 saturated carbocycles. The van der Waals surface area contributed by atoms with E-state index in [2.05, 4.69) is 5.32 Å². The van der Waals surface area contributed by atoms with Gasteiger partial charge in [-0.3, -0.25) is 0 Å². The number of rotatable bonds is 4. The van der Waals surface area contributed by atoms with E-state index in [0.29, 0.717) is 12.2 Å². The van der Waals surface area contributed by atoms with Crippen molar-refractivity contribution < 1.29 is 14.6 Å². The molecule has 2 heterocycles. The second-order valence-corrected chi connectivity index (χ2v) is 6.14. The number of aromatic nitrogens is 2. The van der Waals surface area contributed by atoms with Gasteiger partial charge in [-0.05, 0) is 24.3 Å². The fourth-order valence-corrected chi connectivity index (χ4v) is 3.44. The van der Waals surface area contributed by atoms with E-state index in [1.807, 2.05) is 30.3 Å². The first-order valence-corrected chi connectivity index (χ1v) is 8.48. The van der Waals surface area contributed by atoms with E-state index >= 15 is 0 Å². The van der Waals surface area contributed by atoms with Crippen LogP contribution in [-0.2, 0) is 13.0 Å². The van der Waals surface area contributed by atoms with E-state index in [1.54, 1.807) is 30.0 Å². The molecule has 0 amide bonds. The van der Waals surface area contributed by atoms with Crippen molar-refractivity contribution in [2.75, 3.05) is 13.7 Å². The van der Waals surface area contributed by atoms with Gasteiger partial charge in [-0.1, -0.05) is 24.3 Å². The standard InChI is InChI=1S/C20H19N3O3/c1-26-18-9-5-3-7-14(18)19-15-12-21-11-10-17(15)23(22-19)16-8-4-2-6-13(16)20(24)25/h2-9,21H,10-12H2,1H3,(H,24,25). The van der Waals surface area contributed by atoms with Crippen molar-refractivity contribution in [2.24, 2.45) is 0 Å². The van der Waals surface area contributed by atoms with E-state index in [0.717, 1.165) is 41.2 Å². The van der Waals surface area contributed by atoms with Gasteiger partial charge in [0, 0.05) is 30.6 Å². The lowest BCUT2D eigenvalue weighted by Gasteiger charge is -2.16. The van der Waals surface area contributed by atoms with Crippen LogP contribution in [0.5, 0.6) is 5.75 Å². The summed E-state index contributed by atoms with van der Waals surface area (Å²) >= 11 is 0. The number of benzene rings is 2. The van der Waals surface area contributed by atoms with Crippen LogP contribution in [-0.4, -0.2) is 34.5 Å². The highest BCUT2D eigenvalue weighted by atomic mass is 16.5. The fraction of sp³-hybridized carbons (Fsp3) is 0.200. The fourth-order valence-electron chi connectivity index (χ4n) is 3.44. The molecule has 0 unspecified atom stereocenters. The summed E-state index contributed by atoms with van der Waals surface area (Å²) in [7, 11) is 1.64. The Bertz CT molecular complexity index is 978. The van der Waals surface area contributed by atoms with E-state index in [9.17, 15) is 9.90 Å². The lowest BCUT2D eigenvalue weighted by Crippen LogP contribution is -2.25. The van der Waals surface area contributed by atoms with E-state index in [4.69, 9.17) is 9.84 Å². The molecule has 2 aromatic carbocycles. The van der Waals surface area contributed by atoms with Crippen molar-refractivity contribution in [3.8, 4) is 22.7 Å². The van der Waals surface area contributed by atoms with E-state index in [1.165, 1.54) is 0 Å². The zero-order chi connectivity index (χ0) is 18.1. The molecule has 1 aromatic heterocycles. The van der Waals surface area contributed by atoms with Gasteiger partial charge >= 0.3 is 5.97 Å². The molecule has 2 N–H and O–H groups in total. The molecule has 1 aliphatic rings. The predicted octanol–water partition coefficient (Wildman–Crippen LogP) is 2.89. The number of hydrogen-bond acceptors (Lipinski definition) is 4. The first-order chi connectivity index (χ1) is 12.7. The van der Waals surface area contributed by atoms with Gasteiger partial charge in [0.05, 0.1) is 24.1 Å². The van der Waals surface area contributed by atoms with Crippen molar-refractivity contribution in [3.63, 3.8) is 0 Å². The molecule has 3 aromatic rings. The minimum absolute atomic E-state index is 0.239. The van der Waals surface area contributed by atoms with Crippen LogP contribution in [0.4, 0.5) is 0 Å². The Hall–Kier alpha value is -3.12. The van der Waals surface area contributed by atoms with Gasteiger partial charge in [-0.15, -0.1) is 0 Å². The van der Waals surface area contributed by atoms with Crippen LogP contribution < -0.4 is 10.1 Å². The van der Waals surface area contributed by atoms with E-state index < -0.39 is 5.97 Å². The number of ether oxygens (including phenoxy) is 1. The summed E-state index contributed by atoms with van der Waals surface area (Å²) in [5, 5.41) is 17.8. The van der Waals surface area contributed by atoms with Gasteiger partial charge in [-0.2, -0.15) is 5.10 Å². The lowest BCUT2D eigenvalue weighted by molar-refractivity contribution is 0.0696. The first-order valence-electron chi connectivity index (χ1n) is 8.48. The largest absolute Gasteiger partial charge is 0.496 e. The normalized spacial score (nSPS) is 13.3. The monoisotopic (exact) mass is 349 g/mol. The number of carbonyl (C=O) groups is 1. The third kappa shape index (κ3) is 2.64. The quantitative estimate of drug-likeness (QED) is 0.757. The molecule has 6 nitrogen and oxygen atoms in total. The second-order valence-electron chi connectivity index (χ2n) is 6.14. The van der Waals surface area contributed by atoms with Crippen LogP contribution in [0.3, 0.4) is 0 Å². The number of carboxylic acid groups (broad SMARTS) is 1. The van der Waals surface area contributed by atoms with Crippen LogP contribution in [0.2, 0.25) is 0 Å². The number of carboxylic acids is 1. The summed E-state index contributed by atoms with van der Waals surface area (Å²) < 4.78 is 7.28. The highest BCUT2D eigenvalue weighted by Crippen LogP contribution is 2.35. The summed E-state index contributed by atoms with van der Waals surface area (Å²) in [5.74, 6) is -0.213. The van der Waals surface area contributed by atoms with Gasteiger partial charge in [0.15, 0.2) is 0 Å². The Morgan fingerprint density at radius 2 is 1.96 bits per heavy atom. The molecule has 0 saturated heterocycles. The number of para-hydroxylation sites is 2. The Morgan fingerprint density at radius 3 is 2.77 bits per heavy atom. The number of methoxy groups -OCH3 is 1. The van der Waals surface area contributed by atoms with Crippen LogP contribution in [0, 0.1) is 0 Å². The summed E-state index contributed by atoms with van der Waals surface area (Å²) in [6, 6.07) is 14.7. The molecular formula is C20H19N3O3. The zero-order valence-corrected chi connectivity index (χ0v) is 14.4. The Balaban J connectivity index is 1.96. The number of nitrogens with zero attached hydrogens (tertiary/aromatic N) is 2. The number of hydrogen-bond donors (Lipinski definition) is 2. The molecule has 26 heavy (non-hydrogen) atoms. The zero-order valence-electron chi connectivity index (χ0n) is 14.4. The van der Waals surface area contributed by atoms with Crippen molar-refractivity contribution in [2.45, 2.75) is 13.0 Å². The van der Waals surface area contributed by atoms with Crippen molar-refractivity contribution >= 4 is 5.97 Å². The van der Waals surface area contributed by atoms with Crippen LogP contribution >= 0.6 is 0 Å². The number of nitrogens with one attached hydrogen (secondary N) is 1. The molecule has 6 heteroatoms. The number of aromatic carboxylic acids is 1. The van der Waals surface area contributed by atoms with Crippen molar-refractivity contribution in [3.05, 3.63) is 65.4 Å².